The minimum Gasteiger partial charge on any atom is -0.497 e. The molecule has 25 heavy (non-hydrogen) atoms. The van der Waals surface area contributed by atoms with E-state index in [0.29, 0.717) is 29.3 Å². The molecule has 0 saturated carbocycles. The highest BCUT2D eigenvalue weighted by molar-refractivity contribution is 5.85. The van der Waals surface area contributed by atoms with Crippen molar-refractivity contribution in [2.75, 3.05) is 12.4 Å². The number of nitrogens with zero attached hydrogens (tertiary/aromatic N) is 3. The molecule has 0 bridgehead atoms. The maximum atomic E-state index is 12.3. The largest absolute Gasteiger partial charge is 0.497 e. The fourth-order valence-corrected chi connectivity index (χ4v) is 2.58. The van der Waals surface area contributed by atoms with Crippen LogP contribution in [0.15, 0.2) is 58.2 Å². The zero-order chi connectivity index (χ0) is 17.2. The number of nitrogens with one attached hydrogen (secondary N) is 2. The highest BCUT2D eigenvalue weighted by Crippen LogP contribution is 2.22. The standard InChI is InChI=1S/C17H15N5O3/c1-24-12-6-4-11(5-7-12)20-15-14-16(19-10-18-15)22(17(23)21-14)9-13-3-2-8-25-13/h2-8,10H,9H2,1H3,(H,21,23)(H,18,19,20). The molecule has 0 aliphatic carbocycles. The Bertz CT molecular complexity index is 1050. The van der Waals surface area contributed by atoms with E-state index < -0.39 is 0 Å². The molecule has 0 saturated heterocycles. The lowest BCUT2D eigenvalue weighted by Gasteiger charge is -2.07. The van der Waals surface area contributed by atoms with Crippen molar-refractivity contribution in [3.05, 3.63) is 65.2 Å². The van der Waals surface area contributed by atoms with Crippen LogP contribution >= 0.6 is 0 Å². The Morgan fingerprint density at radius 2 is 2.08 bits per heavy atom. The van der Waals surface area contributed by atoms with Crippen molar-refractivity contribution in [2.45, 2.75) is 6.54 Å². The number of rotatable bonds is 5. The van der Waals surface area contributed by atoms with Crippen molar-refractivity contribution >= 4 is 22.7 Å². The van der Waals surface area contributed by atoms with E-state index in [-0.39, 0.29) is 5.69 Å². The monoisotopic (exact) mass is 337 g/mol. The molecule has 4 rings (SSSR count). The number of anilines is 2. The molecule has 0 amide bonds. The quantitative estimate of drug-likeness (QED) is 0.581. The average molecular weight is 337 g/mol. The molecule has 126 valence electrons. The summed E-state index contributed by atoms with van der Waals surface area (Å²) < 4.78 is 12.0. The van der Waals surface area contributed by atoms with Crippen molar-refractivity contribution in [1.29, 1.82) is 0 Å². The summed E-state index contributed by atoms with van der Waals surface area (Å²) in [6, 6.07) is 11.0. The third kappa shape index (κ3) is 2.85. The summed E-state index contributed by atoms with van der Waals surface area (Å²) in [6.45, 7) is 0.296. The molecule has 0 spiro atoms. The lowest BCUT2D eigenvalue weighted by molar-refractivity contribution is 0.415. The van der Waals surface area contributed by atoms with Gasteiger partial charge in [0, 0.05) is 5.69 Å². The van der Waals surface area contributed by atoms with Crippen molar-refractivity contribution in [1.82, 2.24) is 19.5 Å². The molecule has 4 aromatic rings. The van der Waals surface area contributed by atoms with E-state index in [1.165, 1.54) is 10.9 Å². The number of furan rings is 1. The summed E-state index contributed by atoms with van der Waals surface area (Å²) >= 11 is 0. The molecule has 0 unspecified atom stereocenters. The Labute approximate surface area is 142 Å². The topological polar surface area (TPSA) is 98.0 Å². The zero-order valence-corrected chi connectivity index (χ0v) is 13.4. The van der Waals surface area contributed by atoms with Crippen LogP contribution in [-0.2, 0) is 6.54 Å². The van der Waals surface area contributed by atoms with Crippen LogP contribution in [0.25, 0.3) is 11.2 Å². The molecule has 0 aliphatic heterocycles. The van der Waals surface area contributed by atoms with Gasteiger partial charge in [-0.15, -0.1) is 0 Å². The Kier molecular flexibility index (Phi) is 3.70. The fraction of sp³-hybridized carbons (Fsp3) is 0.118. The van der Waals surface area contributed by atoms with E-state index in [1.807, 2.05) is 30.3 Å². The number of fused-ring (bicyclic) bond motifs is 1. The molecule has 0 aliphatic rings. The van der Waals surface area contributed by atoms with Crippen molar-refractivity contribution in [3.8, 4) is 5.75 Å². The SMILES string of the molecule is COc1ccc(Nc2ncnc3c2[nH]c(=O)n3Cc2ccco2)cc1. The molecule has 3 aromatic heterocycles. The first-order valence-corrected chi connectivity index (χ1v) is 7.61. The second-order valence-electron chi connectivity index (χ2n) is 5.37. The summed E-state index contributed by atoms with van der Waals surface area (Å²) in [5, 5.41) is 3.18. The van der Waals surface area contributed by atoms with Gasteiger partial charge in [-0.05, 0) is 36.4 Å². The van der Waals surface area contributed by atoms with Gasteiger partial charge in [-0.1, -0.05) is 0 Å². The van der Waals surface area contributed by atoms with Gasteiger partial charge >= 0.3 is 5.69 Å². The number of hydrogen-bond acceptors (Lipinski definition) is 6. The molecular weight excluding hydrogens is 322 g/mol. The predicted octanol–water partition coefficient (Wildman–Crippen LogP) is 2.51. The number of imidazole rings is 1. The number of aromatic nitrogens is 4. The number of ether oxygens (including phenoxy) is 1. The normalized spacial score (nSPS) is 10.9. The Morgan fingerprint density at radius 1 is 1.24 bits per heavy atom. The van der Waals surface area contributed by atoms with Gasteiger partial charge in [0.15, 0.2) is 11.5 Å². The third-order valence-electron chi connectivity index (χ3n) is 3.81. The molecule has 8 heteroatoms. The summed E-state index contributed by atoms with van der Waals surface area (Å²) in [7, 11) is 1.61. The number of hydrogen-bond donors (Lipinski definition) is 2. The van der Waals surface area contributed by atoms with Crippen LogP contribution in [0.3, 0.4) is 0 Å². The van der Waals surface area contributed by atoms with Crippen LogP contribution in [0, 0.1) is 0 Å². The molecule has 8 nitrogen and oxygen atoms in total. The second kappa shape index (κ2) is 6.16. The van der Waals surface area contributed by atoms with Crippen LogP contribution in [0.1, 0.15) is 5.76 Å². The Morgan fingerprint density at radius 3 is 2.80 bits per heavy atom. The number of aromatic amines is 1. The number of H-pyrrole nitrogens is 1. The first-order chi connectivity index (χ1) is 12.2. The molecule has 3 heterocycles. The first kappa shape index (κ1) is 15.0. The molecule has 0 atom stereocenters. The maximum Gasteiger partial charge on any atom is 0.328 e. The highest BCUT2D eigenvalue weighted by Gasteiger charge is 2.14. The van der Waals surface area contributed by atoms with Crippen molar-refractivity contribution in [3.63, 3.8) is 0 Å². The van der Waals surface area contributed by atoms with Crippen molar-refractivity contribution < 1.29 is 9.15 Å². The highest BCUT2D eigenvalue weighted by atomic mass is 16.5. The zero-order valence-electron chi connectivity index (χ0n) is 13.4. The third-order valence-corrected chi connectivity index (χ3v) is 3.81. The van der Waals surface area contributed by atoms with E-state index in [9.17, 15) is 4.79 Å². The molecule has 1 aromatic carbocycles. The smallest absolute Gasteiger partial charge is 0.328 e. The Balaban J connectivity index is 1.71. The number of benzene rings is 1. The van der Waals surface area contributed by atoms with Gasteiger partial charge in [0.2, 0.25) is 0 Å². The van der Waals surface area contributed by atoms with Gasteiger partial charge in [-0.25, -0.2) is 14.8 Å². The van der Waals surface area contributed by atoms with Gasteiger partial charge in [-0.3, -0.25) is 4.57 Å². The van der Waals surface area contributed by atoms with E-state index >= 15 is 0 Å². The van der Waals surface area contributed by atoms with E-state index in [0.717, 1.165) is 11.4 Å². The lowest BCUT2D eigenvalue weighted by atomic mass is 10.3. The van der Waals surface area contributed by atoms with E-state index in [4.69, 9.17) is 9.15 Å². The number of methoxy groups -OCH3 is 1. The van der Waals surface area contributed by atoms with Gasteiger partial charge < -0.3 is 19.5 Å². The Hall–Kier alpha value is -3.55. The van der Waals surface area contributed by atoms with Crippen LogP contribution in [0.2, 0.25) is 0 Å². The summed E-state index contributed by atoms with van der Waals surface area (Å²) in [5.74, 6) is 1.95. The van der Waals surface area contributed by atoms with Gasteiger partial charge in [0.25, 0.3) is 0 Å². The fourth-order valence-electron chi connectivity index (χ4n) is 2.58. The average Bonchev–Trinajstić information content (AvgIpc) is 3.25. The second-order valence-corrected chi connectivity index (χ2v) is 5.37. The van der Waals surface area contributed by atoms with Crippen LogP contribution in [0.4, 0.5) is 11.5 Å². The van der Waals surface area contributed by atoms with Crippen molar-refractivity contribution in [2.24, 2.45) is 0 Å². The van der Waals surface area contributed by atoms with E-state index in [2.05, 4.69) is 20.3 Å². The van der Waals surface area contributed by atoms with Gasteiger partial charge in [-0.2, -0.15) is 0 Å². The van der Waals surface area contributed by atoms with Gasteiger partial charge in [0.05, 0.1) is 19.9 Å². The molecule has 0 radical (unpaired) electrons. The van der Waals surface area contributed by atoms with Crippen LogP contribution in [-0.4, -0.2) is 26.6 Å². The lowest BCUT2D eigenvalue weighted by Crippen LogP contribution is -2.17. The summed E-state index contributed by atoms with van der Waals surface area (Å²) in [4.78, 5) is 23.6. The van der Waals surface area contributed by atoms with Crippen LogP contribution < -0.4 is 15.7 Å². The van der Waals surface area contributed by atoms with Crippen LogP contribution in [0.5, 0.6) is 5.75 Å². The minimum atomic E-state index is -0.273. The molecular formula is C17H15N5O3. The molecule has 2 N–H and O–H groups in total. The minimum absolute atomic E-state index is 0.273. The summed E-state index contributed by atoms with van der Waals surface area (Å²) in [5.41, 5.74) is 1.59. The van der Waals surface area contributed by atoms with E-state index in [1.54, 1.807) is 19.4 Å². The molecule has 0 fully saturated rings. The van der Waals surface area contributed by atoms with Gasteiger partial charge in [0.1, 0.15) is 23.4 Å². The maximum absolute atomic E-state index is 12.3. The summed E-state index contributed by atoms with van der Waals surface area (Å²) in [6.07, 6.45) is 2.99. The first-order valence-electron chi connectivity index (χ1n) is 7.61. The predicted molar refractivity (Wildman–Crippen MR) is 92.2 cm³/mol.